The average molecular weight is 359 g/mol. The van der Waals surface area contributed by atoms with E-state index in [-0.39, 0.29) is 6.10 Å². The van der Waals surface area contributed by atoms with Crippen molar-refractivity contribution in [2.24, 2.45) is 0 Å². The first-order valence-corrected chi connectivity index (χ1v) is 9.20. The van der Waals surface area contributed by atoms with Gasteiger partial charge in [-0.3, -0.25) is 0 Å². The number of hydrogen-bond donors (Lipinski definition) is 0. The molecule has 0 bridgehead atoms. The third-order valence-electron chi connectivity index (χ3n) is 4.92. The fourth-order valence-electron chi connectivity index (χ4n) is 3.21. The zero-order valence-electron chi connectivity index (χ0n) is 14.4. The van der Waals surface area contributed by atoms with Crippen molar-refractivity contribution in [3.8, 4) is 5.75 Å². The molecule has 5 heteroatoms. The Labute approximate surface area is 153 Å². The number of anilines is 2. The molecule has 132 valence electrons. The zero-order chi connectivity index (χ0) is 17.2. The Morgan fingerprint density at radius 3 is 1.88 bits per heavy atom. The molecule has 2 aliphatic heterocycles. The van der Waals surface area contributed by atoms with Crippen molar-refractivity contribution in [1.29, 1.82) is 0 Å². The molecule has 4 rings (SSSR count). The Balaban J connectivity index is 1.30. The Bertz CT molecular complexity index is 697. The monoisotopic (exact) mass is 358 g/mol. The summed E-state index contributed by atoms with van der Waals surface area (Å²) in [4.78, 5) is 4.82. The van der Waals surface area contributed by atoms with Gasteiger partial charge < -0.3 is 19.3 Å². The number of epoxide rings is 1. The van der Waals surface area contributed by atoms with Crippen LogP contribution in [0.25, 0.3) is 0 Å². The van der Waals surface area contributed by atoms with E-state index in [9.17, 15) is 0 Å². The maximum absolute atomic E-state index is 5.97. The zero-order valence-corrected chi connectivity index (χ0v) is 15.2. The summed E-state index contributed by atoms with van der Waals surface area (Å²) < 4.78 is 11.1. The number of rotatable bonds is 5. The van der Waals surface area contributed by atoms with Gasteiger partial charge in [0.15, 0.2) is 0 Å². The van der Waals surface area contributed by atoms with Gasteiger partial charge in [-0.2, -0.15) is 0 Å². The molecular formula is C20H23ClN2O2. The normalized spacial score (nSPS) is 22.8. The number of ether oxygens (including phenoxy) is 2. The molecule has 0 radical (unpaired) electrons. The predicted octanol–water partition coefficient (Wildman–Crippen LogP) is 3.83. The molecule has 0 aromatic heterocycles. The van der Waals surface area contributed by atoms with Gasteiger partial charge in [0.05, 0.1) is 6.10 Å². The van der Waals surface area contributed by atoms with E-state index in [2.05, 4.69) is 41.0 Å². The fraction of sp³-hybridized carbons (Fsp3) is 0.400. The molecule has 0 amide bonds. The second kappa shape index (κ2) is 7.14. The summed E-state index contributed by atoms with van der Waals surface area (Å²) in [5.41, 5.74) is 2.49. The highest BCUT2D eigenvalue weighted by molar-refractivity contribution is 6.30. The summed E-state index contributed by atoms with van der Waals surface area (Å²) >= 11 is 5.97. The molecule has 25 heavy (non-hydrogen) atoms. The molecule has 0 N–H and O–H groups in total. The van der Waals surface area contributed by atoms with Crippen LogP contribution in [0.15, 0.2) is 48.5 Å². The van der Waals surface area contributed by atoms with Gasteiger partial charge in [-0.15, -0.1) is 0 Å². The van der Waals surface area contributed by atoms with E-state index in [1.54, 1.807) is 0 Å². The quantitative estimate of drug-likeness (QED) is 0.759. The molecular weight excluding hydrogens is 336 g/mol. The van der Waals surface area contributed by atoms with Crippen LogP contribution in [-0.4, -0.2) is 45.0 Å². The average Bonchev–Trinajstić information content (AvgIpc) is 3.37. The number of benzene rings is 2. The molecule has 2 aliphatic rings. The highest BCUT2D eigenvalue weighted by atomic mass is 35.5. The standard InChI is InChI=1S/C20H23ClN2O2/c1-15-20(25-15)14-24-19-8-6-18(7-9-19)23-12-10-22(11-13-23)17-4-2-16(21)3-5-17/h2-9,15,20H,10-14H2,1H3. The van der Waals surface area contributed by atoms with Crippen LogP contribution in [0.1, 0.15) is 6.92 Å². The summed E-state index contributed by atoms with van der Waals surface area (Å²) in [7, 11) is 0. The summed E-state index contributed by atoms with van der Waals surface area (Å²) in [5, 5.41) is 0.785. The number of nitrogens with zero attached hydrogens (tertiary/aromatic N) is 2. The largest absolute Gasteiger partial charge is 0.491 e. The van der Waals surface area contributed by atoms with Crippen LogP contribution in [0.3, 0.4) is 0 Å². The number of piperazine rings is 1. The first-order chi connectivity index (χ1) is 12.2. The van der Waals surface area contributed by atoms with Gasteiger partial charge in [-0.1, -0.05) is 11.6 Å². The first-order valence-electron chi connectivity index (χ1n) is 8.83. The predicted molar refractivity (Wildman–Crippen MR) is 102 cm³/mol. The number of halogens is 1. The third-order valence-corrected chi connectivity index (χ3v) is 5.18. The van der Waals surface area contributed by atoms with Crippen molar-refractivity contribution in [2.45, 2.75) is 19.1 Å². The lowest BCUT2D eigenvalue weighted by Gasteiger charge is -2.37. The Hall–Kier alpha value is -1.91. The summed E-state index contributed by atoms with van der Waals surface area (Å²) in [6, 6.07) is 16.5. The van der Waals surface area contributed by atoms with Crippen LogP contribution in [0, 0.1) is 0 Å². The highest BCUT2D eigenvalue weighted by Gasteiger charge is 2.34. The Morgan fingerprint density at radius 2 is 1.40 bits per heavy atom. The van der Waals surface area contributed by atoms with E-state index in [1.807, 2.05) is 24.3 Å². The molecule has 2 heterocycles. The molecule has 4 nitrogen and oxygen atoms in total. The summed E-state index contributed by atoms with van der Waals surface area (Å²) in [5.74, 6) is 0.909. The lowest BCUT2D eigenvalue weighted by atomic mass is 10.2. The molecule has 2 aromatic rings. The van der Waals surface area contributed by atoms with Crippen LogP contribution >= 0.6 is 11.6 Å². The van der Waals surface area contributed by atoms with E-state index in [0.29, 0.717) is 12.7 Å². The van der Waals surface area contributed by atoms with Crippen LogP contribution in [0.4, 0.5) is 11.4 Å². The van der Waals surface area contributed by atoms with E-state index < -0.39 is 0 Å². The second-order valence-electron chi connectivity index (χ2n) is 6.64. The fourth-order valence-corrected chi connectivity index (χ4v) is 3.34. The van der Waals surface area contributed by atoms with Gasteiger partial charge in [0.1, 0.15) is 18.5 Å². The molecule has 0 spiro atoms. The van der Waals surface area contributed by atoms with Crippen molar-refractivity contribution in [1.82, 2.24) is 0 Å². The van der Waals surface area contributed by atoms with Gasteiger partial charge in [0.2, 0.25) is 0 Å². The van der Waals surface area contributed by atoms with Crippen LogP contribution in [-0.2, 0) is 4.74 Å². The third kappa shape index (κ3) is 4.02. The van der Waals surface area contributed by atoms with Crippen molar-refractivity contribution in [2.75, 3.05) is 42.6 Å². The van der Waals surface area contributed by atoms with Crippen molar-refractivity contribution in [3.05, 3.63) is 53.6 Å². The van der Waals surface area contributed by atoms with Crippen LogP contribution in [0.2, 0.25) is 5.02 Å². The summed E-state index contributed by atoms with van der Waals surface area (Å²) in [6.07, 6.45) is 0.608. The minimum atomic E-state index is 0.264. The lowest BCUT2D eigenvalue weighted by molar-refractivity contribution is 0.261. The van der Waals surface area contributed by atoms with E-state index in [1.165, 1.54) is 11.4 Å². The molecule has 2 unspecified atom stereocenters. The van der Waals surface area contributed by atoms with E-state index in [0.717, 1.165) is 37.0 Å². The van der Waals surface area contributed by atoms with E-state index in [4.69, 9.17) is 21.1 Å². The molecule has 0 aliphatic carbocycles. The number of hydrogen-bond acceptors (Lipinski definition) is 4. The molecule has 2 atom stereocenters. The van der Waals surface area contributed by atoms with Gasteiger partial charge in [-0.05, 0) is 55.5 Å². The maximum Gasteiger partial charge on any atom is 0.119 e. The van der Waals surface area contributed by atoms with Crippen molar-refractivity contribution in [3.63, 3.8) is 0 Å². The van der Waals surface area contributed by atoms with Crippen molar-refractivity contribution >= 4 is 23.0 Å². The minimum Gasteiger partial charge on any atom is -0.491 e. The molecule has 2 aromatic carbocycles. The second-order valence-corrected chi connectivity index (χ2v) is 7.07. The SMILES string of the molecule is CC1OC1COc1ccc(N2CCN(c3ccc(Cl)cc3)CC2)cc1. The molecule has 2 saturated heterocycles. The topological polar surface area (TPSA) is 28.2 Å². The van der Waals surface area contributed by atoms with Gasteiger partial charge in [0, 0.05) is 42.6 Å². The smallest absolute Gasteiger partial charge is 0.119 e. The Morgan fingerprint density at radius 1 is 0.920 bits per heavy atom. The minimum absolute atomic E-state index is 0.264. The van der Waals surface area contributed by atoms with Crippen LogP contribution in [0.5, 0.6) is 5.75 Å². The van der Waals surface area contributed by atoms with Gasteiger partial charge in [0.25, 0.3) is 0 Å². The van der Waals surface area contributed by atoms with Crippen LogP contribution < -0.4 is 14.5 Å². The summed E-state index contributed by atoms with van der Waals surface area (Å²) in [6.45, 7) is 6.75. The first kappa shape index (κ1) is 16.6. The van der Waals surface area contributed by atoms with Gasteiger partial charge in [-0.25, -0.2) is 0 Å². The maximum atomic E-state index is 5.97. The van der Waals surface area contributed by atoms with Crippen molar-refractivity contribution < 1.29 is 9.47 Å². The van der Waals surface area contributed by atoms with E-state index >= 15 is 0 Å². The Kier molecular flexibility index (Phi) is 4.73. The molecule has 0 saturated carbocycles. The lowest BCUT2D eigenvalue weighted by Crippen LogP contribution is -2.46. The molecule has 2 fully saturated rings. The van der Waals surface area contributed by atoms with Gasteiger partial charge >= 0.3 is 0 Å². The highest BCUT2D eigenvalue weighted by Crippen LogP contribution is 2.25.